The van der Waals surface area contributed by atoms with Crippen molar-refractivity contribution in [2.75, 3.05) is 5.32 Å². The van der Waals surface area contributed by atoms with Crippen molar-refractivity contribution in [1.82, 2.24) is 14.5 Å². The molecular weight excluding hydrogens is 379 g/mol. The maximum atomic E-state index is 12.3. The first-order valence-electron chi connectivity index (χ1n) is 7.68. The van der Waals surface area contributed by atoms with Crippen LogP contribution >= 0.6 is 34.5 Å². The highest BCUT2D eigenvalue weighted by Gasteiger charge is 2.56. The third kappa shape index (κ3) is 3.17. The van der Waals surface area contributed by atoms with Crippen LogP contribution in [0.1, 0.15) is 6.42 Å². The molecule has 25 heavy (non-hydrogen) atoms. The average molecular weight is 393 g/mol. The monoisotopic (exact) mass is 392 g/mol. The minimum Gasteiger partial charge on any atom is -0.333 e. The fraction of sp³-hybridized carbons (Fsp3) is 0.235. The zero-order valence-corrected chi connectivity index (χ0v) is 15.6. The molecule has 8 heteroatoms. The number of aromatic nitrogens is 3. The van der Waals surface area contributed by atoms with E-state index < -0.39 is 10.3 Å². The van der Waals surface area contributed by atoms with Gasteiger partial charge in [0.2, 0.25) is 5.91 Å². The number of alkyl halides is 2. The largest absolute Gasteiger partial charge is 0.333 e. The molecule has 0 spiro atoms. The SMILES string of the molecule is Cn1ccnc1-c1sc(NC(=O)C2CC2(Cl)Cl)nc1-c1ccccc1. The highest BCUT2D eigenvalue weighted by molar-refractivity contribution is 7.19. The van der Waals surface area contributed by atoms with E-state index in [1.807, 2.05) is 48.1 Å². The lowest BCUT2D eigenvalue weighted by atomic mass is 10.1. The molecule has 0 bridgehead atoms. The molecule has 1 aliphatic carbocycles. The number of carbonyl (C=O) groups is 1. The van der Waals surface area contributed by atoms with Crippen molar-refractivity contribution in [3.8, 4) is 22.0 Å². The highest BCUT2D eigenvalue weighted by Crippen LogP contribution is 2.53. The molecule has 0 radical (unpaired) electrons. The Labute approximate surface area is 158 Å². The van der Waals surface area contributed by atoms with Crippen molar-refractivity contribution < 1.29 is 4.79 Å². The zero-order valence-electron chi connectivity index (χ0n) is 13.2. The number of hydrogen-bond acceptors (Lipinski definition) is 4. The quantitative estimate of drug-likeness (QED) is 0.671. The standard InChI is InChI=1S/C17H14Cl2N4OS/c1-23-8-7-20-14(23)13-12(10-5-3-2-4-6-10)21-16(25-13)22-15(24)11-9-17(11,18)19/h2-8,11H,9H2,1H3,(H,21,22,24). The first-order valence-corrected chi connectivity index (χ1v) is 9.25. The number of thiazole rings is 1. The molecule has 1 aromatic carbocycles. The van der Waals surface area contributed by atoms with Crippen molar-refractivity contribution in [3.63, 3.8) is 0 Å². The summed E-state index contributed by atoms with van der Waals surface area (Å²) in [4.78, 5) is 22.2. The van der Waals surface area contributed by atoms with Crippen molar-refractivity contribution in [2.24, 2.45) is 13.0 Å². The van der Waals surface area contributed by atoms with Crippen molar-refractivity contribution in [2.45, 2.75) is 10.8 Å². The van der Waals surface area contributed by atoms with Crippen LogP contribution in [0.25, 0.3) is 22.0 Å². The van der Waals surface area contributed by atoms with Crippen LogP contribution in [-0.2, 0) is 11.8 Å². The number of aryl methyl sites for hydroxylation is 1. The van der Waals surface area contributed by atoms with Gasteiger partial charge in [-0.1, -0.05) is 41.7 Å². The van der Waals surface area contributed by atoms with E-state index >= 15 is 0 Å². The molecule has 1 unspecified atom stereocenters. The summed E-state index contributed by atoms with van der Waals surface area (Å²) in [6.45, 7) is 0. The fourth-order valence-corrected chi connectivity index (χ4v) is 4.13. The summed E-state index contributed by atoms with van der Waals surface area (Å²) >= 11 is 13.3. The minimum atomic E-state index is -0.952. The van der Waals surface area contributed by atoms with E-state index in [2.05, 4.69) is 15.3 Å². The molecule has 0 aliphatic heterocycles. The molecule has 1 fully saturated rings. The van der Waals surface area contributed by atoms with Gasteiger partial charge in [0, 0.05) is 25.0 Å². The van der Waals surface area contributed by atoms with E-state index in [0.29, 0.717) is 11.6 Å². The molecule has 1 N–H and O–H groups in total. The lowest BCUT2D eigenvalue weighted by Gasteiger charge is -2.02. The van der Waals surface area contributed by atoms with Crippen LogP contribution in [0.4, 0.5) is 5.13 Å². The minimum absolute atomic E-state index is 0.204. The second kappa shape index (κ2) is 6.12. The second-order valence-corrected chi connectivity index (χ2v) is 8.47. The van der Waals surface area contributed by atoms with E-state index in [0.717, 1.165) is 22.0 Å². The number of nitrogens with one attached hydrogen (secondary N) is 1. The number of nitrogens with zero attached hydrogens (tertiary/aromatic N) is 3. The molecular formula is C17H14Cl2N4OS. The topological polar surface area (TPSA) is 59.8 Å². The Bertz CT molecular complexity index is 935. The third-order valence-corrected chi connectivity index (χ3v) is 5.87. The van der Waals surface area contributed by atoms with Crippen molar-refractivity contribution >= 4 is 45.6 Å². The number of hydrogen-bond donors (Lipinski definition) is 1. The maximum Gasteiger partial charge on any atom is 0.232 e. The first-order chi connectivity index (χ1) is 12.0. The second-order valence-electron chi connectivity index (χ2n) is 5.93. The van der Waals surface area contributed by atoms with Gasteiger partial charge in [-0.2, -0.15) is 0 Å². The molecule has 1 atom stereocenters. The molecule has 1 aliphatic rings. The average Bonchev–Trinajstić information content (AvgIpc) is 2.91. The van der Waals surface area contributed by atoms with Crippen LogP contribution in [0.5, 0.6) is 0 Å². The van der Waals surface area contributed by atoms with Crippen LogP contribution in [0.2, 0.25) is 0 Å². The Morgan fingerprint density at radius 1 is 1.36 bits per heavy atom. The third-order valence-electron chi connectivity index (χ3n) is 4.07. The number of rotatable bonds is 4. The van der Waals surface area contributed by atoms with E-state index in [1.165, 1.54) is 11.3 Å². The van der Waals surface area contributed by atoms with Gasteiger partial charge < -0.3 is 9.88 Å². The molecule has 0 saturated heterocycles. The number of carbonyl (C=O) groups excluding carboxylic acids is 1. The lowest BCUT2D eigenvalue weighted by molar-refractivity contribution is -0.117. The van der Waals surface area contributed by atoms with E-state index in [-0.39, 0.29) is 5.91 Å². The van der Waals surface area contributed by atoms with Crippen LogP contribution in [-0.4, -0.2) is 24.8 Å². The Kier molecular flexibility index (Phi) is 4.06. The van der Waals surface area contributed by atoms with E-state index in [1.54, 1.807) is 6.20 Å². The summed E-state index contributed by atoms with van der Waals surface area (Å²) < 4.78 is 0.973. The summed E-state index contributed by atoms with van der Waals surface area (Å²) in [7, 11) is 1.93. The van der Waals surface area contributed by atoms with Crippen molar-refractivity contribution in [3.05, 3.63) is 42.7 Å². The predicted octanol–water partition coefficient (Wildman–Crippen LogP) is 4.34. The molecule has 5 nitrogen and oxygen atoms in total. The normalized spacial score (nSPS) is 18.1. The smallest absolute Gasteiger partial charge is 0.232 e. The molecule has 3 aromatic rings. The summed E-state index contributed by atoms with van der Waals surface area (Å²) in [5, 5.41) is 3.35. The lowest BCUT2D eigenvalue weighted by Crippen LogP contribution is -2.16. The fourth-order valence-electron chi connectivity index (χ4n) is 2.59. The van der Waals surface area contributed by atoms with E-state index in [9.17, 15) is 4.79 Å². The van der Waals surface area contributed by atoms with Gasteiger partial charge in [-0.15, -0.1) is 23.2 Å². The van der Waals surface area contributed by atoms with Crippen LogP contribution in [0.3, 0.4) is 0 Å². The first kappa shape index (κ1) is 16.6. The van der Waals surface area contributed by atoms with Gasteiger partial charge in [0.05, 0.1) is 16.5 Å². The van der Waals surface area contributed by atoms with Crippen LogP contribution < -0.4 is 5.32 Å². The number of amides is 1. The summed E-state index contributed by atoms with van der Waals surface area (Å²) in [6.07, 6.45) is 4.08. The van der Waals surface area contributed by atoms with Crippen molar-refractivity contribution in [1.29, 1.82) is 0 Å². The Hall–Kier alpha value is -1.89. The van der Waals surface area contributed by atoms with Crippen LogP contribution in [0, 0.1) is 5.92 Å². The van der Waals surface area contributed by atoms with Gasteiger partial charge in [0.25, 0.3) is 0 Å². The Morgan fingerprint density at radius 3 is 2.68 bits per heavy atom. The van der Waals surface area contributed by atoms with Crippen LogP contribution in [0.15, 0.2) is 42.7 Å². The Balaban J connectivity index is 1.71. The van der Waals surface area contributed by atoms with Gasteiger partial charge in [-0.3, -0.25) is 4.79 Å². The Morgan fingerprint density at radius 2 is 2.08 bits per heavy atom. The molecule has 2 heterocycles. The summed E-state index contributed by atoms with van der Waals surface area (Å²) in [6, 6.07) is 9.82. The van der Waals surface area contributed by atoms with Gasteiger partial charge in [-0.25, -0.2) is 9.97 Å². The summed E-state index contributed by atoms with van der Waals surface area (Å²) in [5.74, 6) is 0.202. The molecule has 1 amide bonds. The molecule has 1 saturated carbocycles. The van der Waals surface area contributed by atoms with Gasteiger partial charge >= 0.3 is 0 Å². The molecule has 128 valence electrons. The van der Waals surface area contributed by atoms with E-state index in [4.69, 9.17) is 23.2 Å². The number of anilines is 1. The number of halogens is 2. The predicted molar refractivity (Wildman–Crippen MR) is 101 cm³/mol. The number of imidazole rings is 1. The zero-order chi connectivity index (χ0) is 17.6. The van der Waals surface area contributed by atoms with Gasteiger partial charge in [0.15, 0.2) is 11.0 Å². The maximum absolute atomic E-state index is 12.3. The number of benzene rings is 1. The highest BCUT2D eigenvalue weighted by atomic mass is 35.5. The summed E-state index contributed by atoms with van der Waals surface area (Å²) in [5.41, 5.74) is 1.75. The van der Waals surface area contributed by atoms with Gasteiger partial charge in [0.1, 0.15) is 4.33 Å². The molecule has 2 aromatic heterocycles. The molecule has 4 rings (SSSR count). The van der Waals surface area contributed by atoms with Gasteiger partial charge in [-0.05, 0) is 6.42 Å².